The second-order valence-corrected chi connectivity index (χ2v) is 5.80. The molecule has 6 heteroatoms. The molecule has 1 amide bonds. The van der Waals surface area contributed by atoms with Gasteiger partial charge in [-0.25, -0.2) is 4.79 Å². The lowest BCUT2D eigenvalue weighted by atomic mass is 10.1. The lowest BCUT2D eigenvalue weighted by molar-refractivity contribution is -0.142. The molecule has 0 aromatic heterocycles. The van der Waals surface area contributed by atoms with E-state index in [1.807, 2.05) is 0 Å². The van der Waals surface area contributed by atoms with Crippen molar-refractivity contribution >= 4 is 33.5 Å². The van der Waals surface area contributed by atoms with E-state index in [0.717, 1.165) is 19.3 Å². The Hall–Kier alpha value is -1.56. The molecule has 1 aliphatic heterocycles. The van der Waals surface area contributed by atoms with Gasteiger partial charge < -0.3 is 15.7 Å². The van der Waals surface area contributed by atoms with E-state index < -0.39 is 12.0 Å². The third-order valence-corrected chi connectivity index (χ3v) is 4.21. The first-order chi connectivity index (χ1) is 9.50. The molecule has 1 fully saturated rings. The minimum absolute atomic E-state index is 0.279. The van der Waals surface area contributed by atoms with Crippen LogP contribution in [0.2, 0.25) is 0 Å². The number of carbonyl (C=O) groups excluding carboxylic acids is 1. The third-order valence-electron chi connectivity index (χ3n) is 3.52. The lowest BCUT2D eigenvalue weighted by Gasteiger charge is -2.27. The van der Waals surface area contributed by atoms with Crippen LogP contribution in [0.1, 0.15) is 36.0 Å². The van der Waals surface area contributed by atoms with Crippen LogP contribution in [0.4, 0.5) is 5.69 Å². The zero-order valence-electron chi connectivity index (χ0n) is 11.0. The van der Waals surface area contributed by atoms with Gasteiger partial charge in [-0.2, -0.15) is 0 Å². The number of nitrogens with zero attached hydrogens (tertiary/aromatic N) is 1. The zero-order valence-corrected chi connectivity index (χ0v) is 12.6. The number of hydrogen-bond donors (Lipinski definition) is 2. The minimum Gasteiger partial charge on any atom is -0.480 e. The van der Waals surface area contributed by atoms with Crippen LogP contribution in [-0.2, 0) is 4.79 Å². The molecule has 1 aromatic carbocycles. The number of hydrogen-bond acceptors (Lipinski definition) is 3. The van der Waals surface area contributed by atoms with Gasteiger partial charge >= 0.3 is 5.97 Å². The largest absolute Gasteiger partial charge is 0.480 e. The van der Waals surface area contributed by atoms with Gasteiger partial charge in [0, 0.05) is 16.7 Å². The Morgan fingerprint density at radius 2 is 2.05 bits per heavy atom. The Bertz CT molecular complexity index is 533. The highest BCUT2D eigenvalue weighted by Gasteiger charge is 2.32. The molecular formula is C14H17BrN2O3. The monoisotopic (exact) mass is 340 g/mol. The second kappa shape index (κ2) is 6.26. The summed E-state index contributed by atoms with van der Waals surface area (Å²) in [5, 5.41) is 9.32. The first-order valence-electron chi connectivity index (χ1n) is 6.59. The van der Waals surface area contributed by atoms with E-state index in [1.165, 1.54) is 4.90 Å². The van der Waals surface area contributed by atoms with E-state index in [4.69, 9.17) is 5.73 Å². The van der Waals surface area contributed by atoms with Crippen molar-refractivity contribution in [1.29, 1.82) is 0 Å². The minimum atomic E-state index is -0.944. The van der Waals surface area contributed by atoms with E-state index >= 15 is 0 Å². The summed E-state index contributed by atoms with van der Waals surface area (Å²) in [5.41, 5.74) is 6.61. The second-order valence-electron chi connectivity index (χ2n) is 4.94. The maximum absolute atomic E-state index is 12.6. The van der Waals surface area contributed by atoms with Gasteiger partial charge in [0.1, 0.15) is 6.04 Å². The SMILES string of the molecule is Nc1ccc(Br)c(C(=O)N2CCCCCC2C(=O)O)c1. The molecule has 0 radical (unpaired) electrons. The topological polar surface area (TPSA) is 83.6 Å². The van der Waals surface area contributed by atoms with E-state index in [9.17, 15) is 14.7 Å². The number of carboxylic acid groups (broad SMARTS) is 1. The number of carboxylic acids is 1. The Labute approximate surface area is 125 Å². The van der Waals surface area contributed by atoms with Gasteiger partial charge in [-0.1, -0.05) is 12.8 Å². The molecule has 1 unspecified atom stereocenters. The van der Waals surface area contributed by atoms with Crippen molar-refractivity contribution in [1.82, 2.24) is 4.90 Å². The van der Waals surface area contributed by atoms with Crippen LogP contribution in [0.3, 0.4) is 0 Å². The average molecular weight is 341 g/mol. The maximum Gasteiger partial charge on any atom is 0.326 e. The van der Waals surface area contributed by atoms with E-state index in [-0.39, 0.29) is 5.91 Å². The summed E-state index contributed by atoms with van der Waals surface area (Å²) in [6, 6.07) is 4.22. The molecule has 1 aromatic rings. The standard InChI is InChI=1S/C14H17BrN2O3/c15-11-6-5-9(16)8-10(11)13(18)17-7-3-1-2-4-12(17)14(19)20/h5-6,8,12H,1-4,7,16H2,(H,19,20). The molecule has 2 rings (SSSR count). The number of aliphatic carboxylic acids is 1. The van der Waals surface area contributed by atoms with Gasteiger partial charge in [-0.15, -0.1) is 0 Å². The summed E-state index contributed by atoms with van der Waals surface area (Å²) < 4.78 is 0.630. The summed E-state index contributed by atoms with van der Waals surface area (Å²) in [6.45, 7) is 0.469. The normalized spacial score (nSPS) is 19.4. The van der Waals surface area contributed by atoms with E-state index in [0.29, 0.717) is 28.7 Å². The smallest absolute Gasteiger partial charge is 0.326 e. The van der Waals surface area contributed by atoms with Gasteiger partial charge in [0.15, 0.2) is 0 Å². The first kappa shape index (κ1) is 14.8. The summed E-state index contributed by atoms with van der Waals surface area (Å²) in [5.74, 6) is -1.22. The van der Waals surface area contributed by atoms with Crippen molar-refractivity contribution in [3.05, 3.63) is 28.2 Å². The molecule has 1 heterocycles. The van der Waals surface area contributed by atoms with Crippen LogP contribution in [0.5, 0.6) is 0 Å². The Balaban J connectivity index is 2.33. The number of amides is 1. The number of anilines is 1. The molecule has 0 bridgehead atoms. The predicted molar refractivity (Wildman–Crippen MR) is 79.5 cm³/mol. The highest BCUT2D eigenvalue weighted by Crippen LogP contribution is 2.25. The fraction of sp³-hybridized carbons (Fsp3) is 0.429. The summed E-state index contributed by atoms with van der Waals surface area (Å²) in [7, 11) is 0. The van der Waals surface area contributed by atoms with Gasteiger partial charge in [-0.05, 0) is 47.0 Å². The van der Waals surface area contributed by atoms with Gasteiger partial charge in [0.05, 0.1) is 5.56 Å². The quantitative estimate of drug-likeness (QED) is 0.810. The number of halogens is 1. The van der Waals surface area contributed by atoms with Crippen LogP contribution >= 0.6 is 15.9 Å². The van der Waals surface area contributed by atoms with Crippen molar-refractivity contribution < 1.29 is 14.7 Å². The summed E-state index contributed by atoms with van der Waals surface area (Å²) in [6.07, 6.45) is 3.11. The number of nitrogen functional groups attached to an aromatic ring is 1. The molecule has 0 aliphatic carbocycles. The van der Waals surface area contributed by atoms with Crippen LogP contribution < -0.4 is 5.73 Å². The van der Waals surface area contributed by atoms with Crippen LogP contribution in [0, 0.1) is 0 Å². The number of carbonyl (C=O) groups is 2. The summed E-state index contributed by atoms with van der Waals surface area (Å²) in [4.78, 5) is 25.4. The number of likely N-dealkylation sites (tertiary alicyclic amines) is 1. The van der Waals surface area contributed by atoms with Crippen molar-refractivity contribution in [2.75, 3.05) is 12.3 Å². The fourth-order valence-corrected chi connectivity index (χ4v) is 2.89. The Morgan fingerprint density at radius 1 is 1.30 bits per heavy atom. The van der Waals surface area contributed by atoms with E-state index in [2.05, 4.69) is 15.9 Å². The average Bonchev–Trinajstić information content (AvgIpc) is 2.66. The molecule has 1 saturated heterocycles. The number of nitrogens with two attached hydrogens (primary N) is 1. The van der Waals surface area contributed by atoms with Gasteiger partial charge in [-0.3, -0.25) is 4.79 Å². The Kier molecular flexibility index (Phi) is 4.65. The highest BCUT2D eigenvalue weighted by atomic mass is 79.9. The molecule has 0 saturated carbocycles. The predicted octanol–water partition coefficient (Wildman–Crippen LogP) is 2.50. The zero-order chi connectivity index (χ0) is 14.7. The molecule has 0 spiro atoms. The van der Waals surface area contributed by atoms with Crippen molar-refractivity contribution in [2.45, 2.75) is 31.7 Å². The number of rotatable bonds is 2. The Morgan fingerprint density at radius 3 is 2.75 bits per heavy atom. The lowest BCUT2D eigenvalue weighted by Crippen LogP contribution is -2.44. The van der Waals surface area contributed by atoms with Gasteiger partial charge in [0.2, 0.25) is 0 Å². The molecule has 108 valence electrons. The molecule has 1 atom stereocenters. The van der Waals surface area contributed by atoms with Crippen LogP contribution in [0.25, 0.3) is 0 Å². The highest BCUT2D eigenvalue weighted by molar-refractivity contribution is 9.10. The fourth-order valence-electron chi connectivity index (χ4n) is 2.47. The first-order valence-corrected chi connectivity index (χ1v) is 7.39. The van der Waals surface area contributed by atoms with Crippen molar-refractivity contribution in [2.24, 2.45) is 0 Å². The van der Waals surface area contributed by atoms with Crippen LogP contribution in [-0.4, -0.2) is 34.5 Å². The van der Waals surface area contributed by atoms with Crippen LogP contribution in [0.15, 0.2) is 22.7 Å². The number of benzene rings is 1. The molecule has 1 aliphatic rings. The third kappa shape index (κ3) is 3.12. The van der Waals surface area contributed by atoms with Crippen molar-refractivity contribution in [3.63, 3.8) is 0 Å². The molecule has 3 N–H and O–H groups in total. The molecule has 20 heavy (non-hydrogen) atoms. The van der Waals surface area contributed by atoms with E-state index in [1.54, 1.807) is 18.2 Å². The molecular weight excluding hydrogens is 324 g/mol. The van der Waals surface area contributed by atoms with Crippen molar-refractivity contribution in [3.8, 4) is 0 Å². The summed E-state index contributed by atoms with van der Waals surface area (Å²) >= 11 is 3.32. The maximum atomic E-state index is 12.6. The molecule has 5 nitrogen and oxygen atoms in total. The van der Waals surface area contributed by atoms with Gasteiger partial charge in [0.25, 0.3) is 5.91 Å².